The Kier molecular flexibility index (Phi) is 5.75. The van der Waals surface area contributed by atoms with Crippen LogP contribution in [0.4, 0.5) is 23.7 Å². The fourth-order valence-electron chi connectivity index (χ4n) is 2.37. The van der Waals surface area contributed by atoms with Crippen molar-refractivity contribution in [2.75, 3.05) is 31.1 Å². The highest BCUT2D eigenvalue weighted by Gasteiger charge is 2.32. The molecule has 2 rings (SSSR count). The molecule has 1 heterocycles. The van der Waals surface area contributed by atoms with Crippen LogP contribution < -0.4 is 9.64 Å². The van der Waals surface area contributed by atoms with Gasteiger partial charge in [0.1, 0.15) is 11.4 Å². The second-order valence-electron chi connectivity index (χ2n) is 6.62. The van der Waals surface area contributed by atoms with E-state index in [-0.39, 0.29) is 16.3 Å². The lowest BCUT2D eigenvalue weighted by molar-refractivity contribution is -0.274. The summed E-state index contributed by atoms with van der Waals surface area (Å²) in [4.78, 5) is 15.7. The van der Waals surface area contributed by atoms with Crippen molar-refractivity contribution in [1.29, 1.82) is 0 Å². The summed E-state index contributed by atoms with van der Waals surface area (Å²) < 4.78 is 46.4. The van der Waals surface area contributed by atoms with E-state index in [1.54, 1.807) is 17.0 Å². The smallest absolute Gasteiger partial charge is 0.444 e. The Labute approximate surface area is 152 Å². The predicted octanol–water partition coefficient (Wildman–Crippen LogP) is 4.40. The monoisotopic (exact) mass is 424 g/mol. The molecule has 1 aliphatic heterocycles. The number of ether oxygens (including phenoxy) is 2. The molecular weight excluding hydrogens is 405 g/mol. The van der Waals surface area contributed by atoms with Gasteiger partial charge < -0.3 is 19.3 Å². The predicted molar refractivity (Wildman–Crippen MR) is 90.8 cm³/mol. The Morgan fingerprint density at radius 2 is 1.72 bits per heavy atom. The van der Waals surface area contributed by atoms with Gasteiger partial charge in [0.25, 0.3) is 0 Å². The summed E-state index contributed by atoms with van der Waals surface area (Å²) in [5.74, 6) is -0.288. The van der Waals surface area contributed by atoms with E-state index in [2.05, 4.69) is 20.7 Å². The van der Waals surface area contributed by atoms with E-state index in [0.717, 1.165) is 5.69 Å². The summed E-state index contributed by atoms with van der Waals surface area (Å²) in [6, 6.07) is 4.41. The molecule has 9 heteroatoms. The van der Waals surface area contributed by atoms with Crippen LogP contribution in [0.3, 0.4) is 0 Å². The van der Waals surface area contributed by atoms with Crippen molar-refractivity contribution in [2.45, 2.75) is 32.7 Å². The molecule has 0 N–H and O–H groups in total. The molecule has 0 spiro atoms. The van der Waals surface area contributed by atoms with Crippen molar-refractivity contribution in [2.24, 2.45) is 0 Å². The van der Waals surface area contributed by atoms with Crippen LogP contribution in [0.2, 0.25) is 0 Å². The van der Waals surface area contributed by atoms with Crippen LogP contribution in [0.15, 0.2) is 22.7 Å². The highest BCUT2D eigenvalue weighted by atomic mass is 79.9. The normalized spacial score (nSPS) is 16.0. The van der Waals surface area contributed by atoms with Crippen molar-refractivity contribution in [1.82, 2.24) is 4.90 Å². The maximum Gasteiger partial charge on any atom is 0.573 e. The second kappa shape index (κ2) is 7.31. The van der Waals surface area contributed by atoms with Crippen molar-refractivity contribution < 1.29 is 27.4 Å². The van der Waals surface area contributed by atoms with Crippen LogP contribution in [0.25, 0.3) is 0 Å². The number of anilines is 1. The van der Waals surface area contributed by atoms with Gasteiger partial charge in [0.2, 0.25) is 0 Å². The maximum absolute atomic E-state index is 12.3. The van der Waals surface area contributed by atoms with Gasteiger partial charge in [-0.15, -0.1) is 13.2 Å². The Hall–Kier alpha value is -1.64. The summed E-state index contributed by atoms with van der Waals surface area (Å²) in [6.45, 7) is 7.51. The minimum Gasteiger partial charge on any atom is -0.444 e. The lowest BCUT2D eigenvalue weighted by atomic mass is 10.2. The van der Waals surface area contributed by atoms with E-state index in [9.17, 15) is 18.0 Å². The number of carbonyl (C=O) groups is 1. The van der Waals surface area contributed by atoms with Gasteiger partial charge in [0.05, 0.1) is 4.47 Å². The zero-order valence-electron chi connectivity index (χ0n) is 14.2. The SMILES string of the molecule is CC(C)(C)OC(=O)N1CCN(c2ccc(OC(F)(F)F)c(Br)c2)CC1. The number of halogens is 4. The zero-order valence-corrected chi connectivity index (χ0v) is 15.8. The first-order valence-electron chi connectivity index (χ1n) is 7.73. The molecule has 0 saturated carbocycles. The standard InChI is InChI=1S/C16H20BrF3N2O3/c1-15(2,3)25-14(23)22-8-6-21(7-9-22)11-4-5-13(12(17)10-11)24-16(18,19)20/h4-5,10H,6-9H2,1-3H3. The van der Waals surface area contributed by atoms with Gasteiger partial charge in [0.15, 0.2) is 0 Å². The van der Waals surface area contributed by atoms with Crippen LogP contribution in [0.1, 0.15) is 20.8 Å². The topological polar surface area (TPSA) is 42.0 Å². The molecule has 0 atom stereocenters. The highest BCUT2D eigenvalue weighted by molar-refractivity contribution is 9.10. The molecule has 140 valence electrons. The van der Waals surface area contributed by atoms with E-state index in [1.165, 1.54) is 6.07 Å². The number of rotatable bonds is 2. The molecular formula is C16H20BrF3N2O3. The fraction of sp³-hybridized carbons (Fsp3) is 0.562. The number of carbonyl (C=O) groups excluding carboxylic acids is 1. The first-order chi connectivity index (χ1) is 11.4. The summed E-state index contributed by atoms with van der Waals surface area (Å²) >= 11 is 3.10. The summed E-state index contributed by atoms with van der Waals surface area (Å²) in [5, 5.41) is 0. The first-order valence-corrected chi connectivity index (χ1v) is 8.52. The van der Waals surface area contributed by atoms with Crippen molar-refractivity contribution >= 4 is 27.7 Å². The van der Waals surface area contributed by atoms with Crippen molar-refractivity contribution in [3.05, 3.63) is 22.7 Å². The third kappa shape index (κ3) is 5.98. The average molecular weight is 425 g/mol. The third-order valence-electron chi connectivity index (χ3n) is 3.44. The van der Waals surface area contributed by atoms with Crippen LogP contribution in [-0.4, -0.2) is 49.1 Å². The molecule has 5 nitrogen and oxygen atoms in total. The zero-order chi connectivity index (χ0) is 18.8. The van der Waals surface area contributed by atoms with E-state index >= 15 is 0 Å². The minimum atomic E-state index is -4.73. The Bertz CT molecular complexity index is 624. The molecule has 0 aromatic heterocycles. The molecule has 1 aromatic rings. The van der Waals surface area contributed by atoms with Crippen molar-refractivity contribution in [3.63, 3.8) is 0 Å². The number of hydrogen-bond donors (Lipinski definition) is 0. The number of piperazine rings is 1. The van der Waals surface area contributed by atoms with Crippen LogP contribution in [-0.2, 0) is 4.74 Å². The number of amides is 1. The van der Waals surface area contributed by atoms with Gasteiger partial charge in [-0.3, -0.25) is 0 Å². The molecule has 1 aromatic carbocycles. The van der Waals surface area contributed by atoms with E-state index in [4.69, 9.17) is 4.74 Å². The summed E-state index contributed by atoms with van der Waals surface area (Å²) in [5.41, 5.74) is 0.207. The van der Waals surface area contributed by atoms with Gasteiger partial charge in [-0.05, 0) is 54.9 Å². The number of nitrogens with zero attached hydrogens (tertiary/aromatic N) is 2. The molecule has 0 unspecified atom stereocenters. The molecule has 0 radical (unpaired) electrons. The fourth-order valence-corrected chi connectivity index (χ4v) is 2.82. The molecule has 1 aliphatic rings. The van der Waals surface area contributed by atoms with Gasteiger partial charge >= 0.3 is 12.5 Å². The molecule has 1 saturated heterocycles. The molecule has 0 bridgehead atoms. The van der Waals surface area contributed by atoms with Gasteiger partial charge in [-0.1, -0.05) is 0 Å². The van der Waals surface area contributed by atoms with Crippen LogP contribution in [0.5, 0.6) is 5.75 Å². The lowest BCUT2D eigenvalue weighted by Crippen LogP contribution is -2.50. The third-order valence-corrected chi connectivity index (χ3v) is 4.06. The van der Waals surface area contributed by atoms with Crippen molar-refractivity contribution in [3.8, 4) is 5.75 Å². The van der Waals surface area contributed by atoms with Gasteiger partial charge in [-0.2, -0.15) is 0 Å². The second-order valence-corrected chi connectivity index (χ2v) is 7.47. The largest absolute Gasteiger partial charge is 0.573 e. The van der Waals surface area contributed by atoms with Crippen LogP contribution >= 0.6 is 15.9 Å². The average Bonchev–Trinajstić information content (AvgIpc) is 2.46. The molecule has 0 aliphatic carbocycles. The van der Waals surface area contributed by atoms with Gasteiger partial charge in [-0.25, -0.2) is 4.79 Å². The Morgan fingerprint density at radius 1 is 1.12 bits per heavy atom. The maximum atomic E-state index is 12.3. The summed E-state index contributed by atoms with van der Waals surface area (Å²) in [7, 11) is 0. The minimum absolute atomic E-state index is 0.219. The lowest BCUT2D eigenvalue weighted by Gasteiger charge is -2.36. The Morgan fingerprint density at radius 3 is 2.20 bits per heavy atom. The van der Waals surface area contributed by atoms with E-state index in [0.29, 0.717) is 26.2 Å². The van der Waals surface area contributed by atoms with E-state index < -0.39 is 12.0 Å². The van der Waals surface area contributed by atoms with E-state index in [1.807, 2.05) is 25.7 Å². The summed E-state index contributed by atoms with van der Waals surface area (Å²) in [6.07, 6.45) is -5.09. The molecule has 1 amide bonds. The van der Waals surface area contributed by atoms with Gasteiger partial charge in [0, 0.05) is 31.9 Å². The Balaban J connectivity index is 1.97. The molecule has 1 fully saturated rings. The molecule has 25 heavy (non-hydrogen) atoms. The number of benzene rings is 1. The highest BCUT2D eigenvalue weighted by Crippen LogP contribution is 2.33. The number of hydrogen-bond acceptors (Lipinski definition) is 4. The first kappa shape index (κ1) is 19.7. The quantitative estimate of drug-likeness (QED) is 0.705. The number of alkyl halides is 3. The van der Waals surface area contributed by atoms with Crippen LogP contribution in [0, 0.1) is 0 Å².